The minimum absolute atomic E-state index is 0.653. The van der Waals surface area contributed by atoms with E-state index < -0.39 is 0 Å². The van der Waals surface area contributed by atoms with E-state index >= 15 is 0 Å². The van der Waals surface area contributed by atoms with Gasteiger partial charge < -0.3 is 24.3 Å². The molecule has 0 amide bonds. The highest BCUT2D eigenvalue weighted by Gasteiger charge is 2.30. The summed E-state index contributed by atoms with van der Waals surface area (Å²) in [5.41, 5.74) is 3.27. The molecule has 0 aliphatic carbocycles. The second-order valence-electron chi connectivity index (χ2n) is 7.52. The molecule has 0 saturated carbocycles. The highest BCUT2D eigenvalue weighted by Crippen LogP contribution is 2.45. The van der Waals surface area contributed by atoms with Crippen LogP contribution in [-0.2, 0) is 4.74 Å². The molecule has 3 aliphatic rings. The molecule has 1 aromatic carbocycles. The van der Waals surface area contributed by atoms with Gasteiger partial charge in [-0.1, -0.05) is 23.9 Å². The van der Waals surface area contributed by atoms with E-state index in [2.05, 4.69) is 78.1 Å². The van der Waals surface area contributed by atoms with Gasteiger partial charge in [0, 0.05) is 32.1 Å². The van der Waals surface area contributed by atoms with Crippen molar-refractivity contribution >= 4 is 29.6 Å². The van der Waals surface area contributed by atoms with Crippen molar-refractivity contribution in [1.82, 2.24) is 14.7 Å². The van der Waals surface area contributed by atoms with Gasteiger partial charge in [-0.05, 0) is 32.3 Å². The standard InChI is InChI=1S/C21H28N6OS/c1-24(2)9-11-28-12-10-27-15-22-16(20-21(27)23-14-25(20)3)13-19-26(4)17-7-5-6-8-18(17)29-19/h5-8,13,15H,9-12,14H2,1-4H3/b19-13-. The van der Waals surface area contributed by atoms with Crippen molar-refractivity contribution in [3.05, 3.63) is 46.8 Å². The van der Waals surface area contributed by atoms with Crippen molar-refractivity contribution < 1.29 is 4.74 Å². The van der Waals surface area contributed by atoms with E-state index in [-0.39, 0.29) is 0 Å². The molecule has 8 heteroatoms. The van der Waals surface area contributed by atoms with Gasteiger partial charge in [0.15, 0.2) is 5.84 Å². The van der Waals surface area contributed by atoms with Crippen LogP contribution in [-0.4, -0.2) is 88.0 Å². The Morgan fingerprint density at radius 1 is 1.21 bits per heavy atom. The summed E-state index contributed by atoms with van der Waals surface area (Å²) in [4.78, 5) is 19.4. The molecule has 0 unspecified atom stereocenters. The van der Waals surface area contributed by atoms with Gasteiger partial charge in [-0.15, -0.1) is 0 Å². The van der Waals surface area contributed by atoms with Gasteiger partial charge in [0.25, 0.3) is 0 Å². The summed E-state index contributed by atoms with van der Waals surface area (Å²) in [7, 11) is 8.27. The number of fused-ring (bicyclic) bond motifs is 2. The summed E-state index contributed by atoms with van der Waals surface area (Å²) < 4.78 is 5.76. The lowest BCUT2D eigenvalue weighted by Gasteiger charge is -2.27. The highest BCUT2D eigenvalue weighted by atomic mass is 32.2. The number of ether oxygens (including phenoxy) is 1. The number of para-hydroxylation sites is 1. The zero-order valence-corrected chi connectivity index (χ0v) is 18.3. The van der Waals surface area contributed by atoms with Crippen molar-refractivity contribution in [2.75, 3.05) is 66.1 Å². The predicted molar refractivity (Wildman–Crippen MR) is 120 cm³/mol. The van der Waals surface area contributed by atoms with E-state index in [1.165, 1.54) is 15.6 Å². The third kappa shape index (κ3) is 4.19. The number of rotatable bonds is 7. The summed E-state index contributed by atoms with van der Waals surface area (Å²) in [6, 6.07) is 8.47. The maximum Gasteiger partial charge on any atom is 0.156 e. The number of thioether (sulfide) groups is 1. The number of allylic oxidation sites excluding steroid dienone is 1. The lowest BCUT2D eigenvalue weighted by molar-refractivity contribution is 0.114. The van der Waals surface area contributed by atoms with Crippen LogP contribution >= 0.6 is 11.8 Å². The summed E-state index contributed by atoms with van der Waals surface area (Å²) in [6.45, 7) is 3.71. The van der Waals surface area contributed by atoms with Crippen LogP contribution in [0.3, 0.4) is 0 Å². The molecule has 0 radical (unpaired) electrons. The van der Waals surface area contributed by atoms with E-state index in [1.807, 2.05) is 6.34 Å². The number of hydrogen-bond donors (Lipinski definition) is 0. The van der Waals surface area contributed by atoms with Crippen LogP contribution in [0.15, 0.2) is 61.6 Å². The van der Waals surface area contributed by atoms with Gasteiger partial charge in [-0.3, -0.25) is 0 Å². The second kappa shape index (κ2) is 8.61. The molecule has 154 valence electrons. The van der Waals surface area contributed by atoms with Crippen LogP contribution in [0.25, 0.3) is 0 Å². The molecule has 3 heterocycles. The minimum Gasteiger partial charge on any atom is -0.378 e. The topological polar surface area (TPSA) is 46.9 Å². The number of likely N-dealkylation sites (N-methyl/N-ethyl adjacent to an activating group) is 2. The first-order valence-corrected chi connectivity index (χ1v) is 10.6. The molecule has 4 rings (SSSR count). The quantitative estimate of drug-likeness (QED) is 0.642. The smallest absolute Gasteiger partial charge is 0.156 e. The summed E-state index contributed by atoms with van der Waals surface area (Å²) in [6.07, 6.45) is 4.05. The Balaban J connectivity index is 1.48. The normalized spacial score (nSPS) is 19.6. The number of amidine groups is 1. The third-order valence-electron chi connectivity index (χ3n) is 5.07. The van der Waals surface area contributed by atoms with Crippen molar-refractivity contribution in [3.8, 4) is 0 Å². The Morgan fingerprint density at radius 3 is 2.83 bits per heavy atom. The number of nitrogens with zero attached hydrogens (tertiary/aromatic N) is 6. The summed E-state index contributed by atoms with van der Waals surface area (Å²) >= 11 is 1.78. The third-order valence-corrected chi connectivity index (χ3v) is 6.23. The van der Waals surface area contributed by atoms with E-state index in [0.717, 1.165) is 36.9 Å². The van der Waals surface area contributed by atoms with E-state index in [4.69, 9.17) is 14.7 Å². The van der Waals surface area contributed by atoms with Gasteiger partial charge >= 0.3 is 0 Å². The molecule has 7 nitrogen and oxygen atoms in total. The summed E-state index contributed by atoms with van der Waals surface area (Å²) in [5, 5.41) is 1.17. The molecule has 0 aromatic heterocycles. The first-order chi connectivity index (χ1) is 14.0. The number of benzene rings is 1. The predicted octanol–water partition coefficient (Wildman–Crippen LogP) is 2.51. The molecular formula is C21H28N6OS. The highest BCUT2D eigenvalue weighted by molar-refractivity contribution is 8.03. The zero-order chi connectivity index (χ0) is 20.4. The first-order valence-electron chi connectivity index (χ1n) is 9.80. The maximum atomic E-state index is 5.76. The molecule has 1 aromatic rings. The van der Waals surface area contributed by atoms with Crippen molar-refractivity contribution in [1.29, 1.82) is 0 Å². The fourth-order valence-electron chi connectivity index (χ4n) is 3.42. The Labute approximate surface area is 177 Å². The Hall–Kier alpha value is -2.29. The van der Waals surface area contributed by atoms with E-state index in [0.29, 0.717) is 13.3 Å². The van der Waals surface area contributed by atoms with Crippen LogP contribution in [0.4, 0.5) is 5.69 Å². The lowest BCUT2D eigenvalue weighted by atomic mass is 10.2. The SMILES string of the molecule is CN(C)CCOCCN1C=NC(/C=C2\Sc3ccccc3N2C)=C2C1=NCN2C. The zero-order valence-electron chi connectivity index (χ0n) is 17.5. The van der Waals surface area contributed by atoms with Crippen molar-refractivity contribution in [2.24, 2.45) is 9.98 Å². The average molecular weight is 413 g/mol. The maximum absolute atomic E-state index is 5.76. The van der Waals surface area contributed by atoms with Crippen molar-refractivity contribution in [2.45, 2.75) is 4.90 Å². The Bertz CT molecular complexity index is 891. The van der Waals surface area contributed by atoms with Crippen LogP contribution < -0.4 is 4.90 Å². The monoisotopic (exact) mass is 412 g/mol. The van der Waals surface area contributed by atoms with Gasteiger partial charge in [-0.2, -0.15) is 0 Å². The molecule has 0 spiro atoms. The number of anilines is 1. The van der Waals surface area contributed by atoms with Gasteiger partial charge in [0.2, 0.25) is 0 Å². The molecule has 0 fully saturated rings. The Morgan fingerprint density at radius 2 is 2.03 bits per heavy atom. The molecular weight excluding hydrogens is 384 g/mol. The van der Waals surface area contributed by atoms with Crippen LogP contribution in [0.5, 0.6) is 0 Å². The van der Waals surface area contributed by atoms with Gasteiger partial charge in [0.1, 0.15) is 12.4 Å². The van der Waals surface area contributed by atoms with E-state index in [1.54, 1.807) is 11.8 Å². The number of hydrogen-bond acceptors (Lipinski definition) is 8. The van der Waals surface area contributed by atoms with Gasteiger partial charge in [-0.25, -0.2) is 9.98 Å². The first kappa shape index (κ1) is 20.0. The largest absolute Gasteiger partial charge is 0.378 e. The number of aliphatic imine (C=N–C) groups is 2. The van der Waals surface area contributed by atoms with Crippen LogP contribution in [0.1, 0.15) is 0 Å². The van der Waals surface area contributed by atoms with Crippen LogP contribution in [0.2, 0.25) is 0 Å². The fourth-order valence-corrected chi connectivity index (χ4v) is 4.51. The minimum atomic E-state index is 0.653. The van der Waals surface area contributed by atoms with Gasteiger partial charge in [0.05, 0.1) is 36.0 Å². The second-order valence-corrected chi connectivity index (χ2v) is 8.58. The van der Waals surface area contributed by atoms with Crippen LogP contribution in [0, 0.1) is 0 Å². The molecule has 0 bridgehead atoms. The fraction of sp³-hybridized carbons (Fsp3) is 0.429. The summed E-state index contributed by atoms with van der Waals surface area (Å²) in [5.74, 6) is 0.980. The lowest BCUT2D eigenvalue weighted by Crippen LogP contribution is -2.38. The van der Waals surface area contributed by atoms with E-state index in [9.17, 15) is 0 Å². The molecule has 0 saturated heterocycles. The Kier molecular flexibility index (Phi) is 5.94. The molecule has 0 atom stereocenters. The molecule has 29 heavy (non-hydrogen) atoms. The average Bonchev–Trinajstić information content (AvgIpc) is 3.24. The molecule has 3 aliphatic heterocycles. The van der Waals surface area contributed by atoms with Crippen molar-refractivity contribution in [3.63, 3.8) is 0 Å². The molecule has 0 N–H and O–H groups in total.